The average Bonchev–Trinajstić information content (AvgIpc) is 2.52. The fourth-order valence-corrected chi connectivity index (χ4v) is 3.07. The molecule has 0 spiro atoms. The number of aliphatic hydroxyl groups excluding tert-OH is 1. The van der Waals surface area contributed by atoms with Crippen molar-refractivity contribution in [3.05, 3.63) is 0 Å². The molecule has 2 saturated heterocycles. The first-order valence-corrected chi connectivity index (χ1v) is 6.54. The summed E-state index contributed by atoms with van der Waals surface area (Å²) in [5.41, 5.74) is -0.442. The van der Waals surface area contributed by atoms with Gasteiger partial charge in [-0.15, -0.1) is 0 Å². The minimum Gasteiger partial charge on any atom is -0.444 e. The van der Waals surface area contributed by atoms with Crippen LogP contribution in [0.15, 0.2) is 0 Å². The lowest BCUT2D eigenvalue weighted by Gasteiger charge is -2.39. The number of aliphatic hydroxyl groups is 1. The number of amides is 1. The minimum atomic E-state index is -0.442. The summed E-state index contributed by atoms with van der Waals surface area (Å²) in [4.78, 5) is 14.0. The van der Waals surface area contributed by atoms with E-state index in [9.17, 15) is 9.90 Å². The molecule has 3 atom stereocenters. The van der Waals surface area contributed by atoms with Crippen molar-refractivity contribution in [2.24, 2.45) is 5.92 Å². The number of piperidine rings is 1. The van der Waals surface area contributed by atoms with Gasteiger partial charge in [0, 0.05) is 24.6 Å². The Hall–Kier alpha value is -0.770. The summed E-state index contributed by atoms with van der Waals surface area (Å²) in [6.45, 7) is 5.84. The zero-order valence-electron chi connectivity index (χ0n) is 11.0. The summed E-state index contributed by atoms with van der Waals surface area (Å²) in [6, 6.07) is 0.520. The molecule has 0 saturated carbocycles. The molecule has 98 valence electrons. The third-order valence-corrected chi connectivity index (χ3v) is 3.80. The lowest BCUT2D eigenvalue weighted by atomic mass is 9.91. The lowest BCUT2D eigenvalue weighted by Crippen LogP contribution is -2.50. The van der Waals surface area contributed by atoms with Crippen molar-refractivity contribution in [2.45, 2.75) is 64.1 Å². The zero-order chi connectivity index (χ0) is 12.6. The van der Waals surface area contributed by atoms with E-state index in [1.807, 2.05) is 25.7 Å². The van der Waals surface area contributed by atoms with Gasteiger partial charge >= 0.3 is 6.09 Å². The number of nitrogens with zero attached hydrogens (tertiary/aromatic N) is 1. The predicted octanol–water partition coefficient (Wildman–Crippen LogP) is 2.16. The van der Waals surface area contributed by atoms with E-state index in [2.05, 4.69) is 0 Å². The lowest BCUT2D eigenvalue weighted by molar-refractivity contribution is -0.00717. The fourth-order valence-electron chi connectivity index (χ4n) is 3.07. The standard InChI is InChI=1S/C13H23NO3/c1-13(2,3)17-12(16)14-10-5-4-9(8-15)11(14)7-6-10/h9-11,15H,4-8H2,1-3H3/t9-,10?,11+/m1/s1. The highest BCUT2D eigenvalue weighted by molar-refractivity contribution is 5.69. The number of ether oxygens (including phenoxy) is 1. The first kappa shape index (κ1) is 12.7. The highest BCUT2D eigenvalue weighted by atomic mass is 16.6. The van der Waals surface area contributed by atoms with Gasteiger partial charge in [-0.2, -0.15) is 0 Å². The van der Waals surface area contributed by atoms with Crippen LogP contribution in [0.25, 0.3) is 0 Å². The van der Waals surface area contributed by atoms with Gasteiger partial charge in [0.1, 0.15) is 5.60 Å². The maximum atomic E-state index is 12.2. The Kier molecular flexibility index (Phi) is 3.34. The molecular formula is C13H23NO3. The van der Waals surface area contributed by atoms with Crippen molar-refractivity contribution in [3.63, 3.8) is 0 Å². The van der Waals surface area contributed by atoms with Crippen LogP contribution < -0.4 is 0 Å². The van der Waals surface area contributed by atoms with E-state index < -0.39 is 5.60 Å². The van der Waals surface area contributed by atoms with Gasteiger partial charge in [0.05, 0.1) is 0 Å². The van der Waals surface area contributed by atoms with Gasteiger partial charge in [-0.25, -0.2) is 4.79 Å². The third kappa shape index (κ3) is 2.57. The predicted molar refractivity (Wildman–Crippen MR) is 64.7 cm³/mol. The number of carbonyl (C=O) groups excluding carboxylic acids is 1. The summed E-state index contributed by atoms with van der Waals surface area (Å²) in [5.74, 6) is 0.237. The van der Waals surface area contributed by atoms with E-state index in [0.717, 1.165) is 25.7 Å². The molecule has 4 nitrogen and oxygen atoms in total. The van der Waals surface area contributed by atoms with Crippen molar-refractivity contribution in [3.8, 4) is 0 Å². The molecule has 2 bridgehead atoms. The largest absolute Gasteiger partial charge is 0.444 e. The molecule has 0 aliphatic carbocycles. The van der Waals surface area contributed by atoms with E-state index >= 15 is 0 Å². The summed E-state index contributed by atoms with van der Waals surface area (Å²) in [7, 11) is 0. The van der Waals surface area contributed by atoms with Gasteiger partial charge in [-0.05, 0) is 46.5 Å². The van der Waals surface area contributed by atoms with Gasteiger partial charge in [0.15, 0.2) is 0 Å². The van der Waals surface area contributed by atoms with E-state index in [-0.39, 0.29) is 24.7 Å². The van der Waals surface area contributed by atoms with Gasteiger partial charge in [0.25, 0.3) is 0 Å². The van der Waals surface area contributed by atoms with Gasteiger partial charge in [0.2, 0.25) is 0 Å². The second kappa shape index (κ2) is 4.48. The Morgan fingerprint density at radius 1 is 1.29 bits per heavy atom. The molecule has 4 heteroatoms. The molecule has 0 aromatic heterocycles. The van der Waals surface area contributed by atoms with E-state index in [0.29, 0.717) is 6.04 Å². The molecule has 1 N–H and O–H groups in total. The second-order valence-corrected chi connectivity index (χ2v) is 6.21. The third-order valence-electron chi connectivity index (χ3n) is 3.80. The number of hydrogen-bond donors (Lipinski definition) is 1. The van der Waals surface area contributed by atoms with Gasteiger partial charge < -0.3 is 14.7 Å². The summed E-state index contributed by atoms with van der Waals surface area (Å²) in [6.07, 6.45) is 3.89. The Morgan fingerprint density at radius 3 is 2.53 bits per heavy atom. The SMILES string of the molecule is CC(C)(C)OC(=O)N1C2CC[C@H](CO)[C@@H]1CC2. The van der Waals surface area contributed by atoms with Crippen LogP contribution in [0.1, 0.15) is 46.5 Å². The maximum absolute atomic E-state index is 12.2. The molecule has 2 rings (SSSR count). The zero-order valence-corrected chi connectivity index (χ0v) is 11.0. The van der Waals surface area contributed by atoms with Crippen LogP contribution in [-0.4, -0.2) is 40.4 Å². The number of rotatable bonds is 1. The van der Waals surface area contributed by atoms with Crippen LogP contribution in [0.2, 0.25) is 0 Å². The Labute approximate surface area is 103 Å². The van der Waals surface area contributed by atoms with Crippen molar-refractivity contribution in [1.29, 1.82) is 0 Å². The maximum Gasteiger partial charge on any atom is 0.410 e. The summed E-state index contributed by atoms with van der Waals surface area (Å²) in [5, 5.41) is 9.36. The minimum absolute atomic E-state index is 0.177. The monoisotopic (exact) mass is 241 g/mol. The van der Waals surface area contributed by atoms with Crippen LogP contribution in [-0.2, 0) is 4.74 Å². The van der Waals surface area contributed by atoms with Crippen LogP contribution in [0, 0.1) is 5.92 Å². The van der Waals surface area contributed by atoms with Crippen molar-refractivity contribution in [1.82, 2.24) is 4.90 Å². The molecule has 2 aliphatic heterocycles. The van der Waals surface area contributed by atoms with E-state index in [1.54, 1.807) is 0 Å². The van der Waals surface area contributed by atoms with Crippen LogP contribution in [0.3, 0.4) is 0 Å². The van der Waals surface area contributed by atoms with Crippen LogP contribution in [0.4, 0.5) is 4.79 Å². The molecule has 1 amide bonds. The summed E-state index contributed by atoms with van der Waals surface area (Å²) < 4.78 is 5.46. The smallest absolute Gasteiger partial charge is 0.410 e. The average molecular weight is 241 g/mol. The van der Waals surface area contributed by atoms with Gasteiger partial charge in [-0.3, -0.25) is 0 Å². The molecule has 2 fully saturated rings. The van der Waals surface area contributed by atoms with Gasteiger partial charge in [-0.1, -0.05) is 0 Å². The molecule has 0 radical (unpaired) electrons. The van der Waals surface area contributed by atoms with Crippen molar-refractivity contribution >= 4 is 6.09 Å². The quantitative estimate of drug-likeness (QED) is 0.765. The second-order valence-electron chi connectivity index (χ2n) is 6.21. The van der Waals surface area contributed by atoms with Crippen LogP contribution in [0.5, 0.6) is 0 Å². The Balaban J connectivity index is 2.07. The molecule has 0 aromatic rings. The summed E-state index contributed by atoms with van der Waals surface area (Å²) >= 11 is 0. The molecular weight excluding hydrogens is 218 g/mol. The van der Waals surface area contributed by atoms with Crippen molar-refractivity contribution < 1.29 is 14.6 Å². The number of hydrogen-bond acceptors (Lipinski definition) is 3. The first-order chi connectivity index (χ1) is 7.92. The topological polar surface area (TPSA) is 49.8 Å². The first-order valence-electron chi connectivity index (χ1n) is 6.54. The molecule has 0 aromatic carbocycles. The Morgan fingerprint density at radius 2 is 1.94 bits per heavy atom. The normalized spacial score (nSPS) is 32.7. The molecule has 2 aliphatic rings. The Bertz CT molecular complexity index is 298. The van der Waals surface area contributed by atoms with E-state index in [1.165, 1.54) is 0 Å². The highest BCUT2D eigenvalue weighted by Crippen LogP contribution is 2.39. The van der Waals surface area contributed by atoms with Crippen molar-refractivity contribution in [2.75, 3.05) is 6.61 Å². The van der Waals surface area contributed by atoms with Crippen LogP contribution >= 0.6 is 0 Å². The fraction of sp³-hybridized carbons (Fsp3) is 0.923. The molecule has 17 heavy (non-hydrogen) atoms. The number of carbonyl (C=O) groups is 1. The highest BCUT2D eigenvalue weighted by Gasteiger charge is 2.45. The number of fused-ring (bicyclic) bond motifs is 2. The molecule has 2 heterocycles. The van der Waals surface area contributed by atoms with E-state index in [4.69, 9.17) is 4.74 Å². The molecule has 1 unspecified atom stereocenters.